The van der Waals surface area contributed by atoms with Crippen LogP contribution >= 0.6 is 0 Å². The molecule has 29 heavy (non-hydrogen) atoms. The van der Waals surface area contributed by atoms with E-state index in [4.69, 9.17) is 4.52 Å². The summed E-state index contributed by atoms with van der Waals surface area (Å²) in [6, 6.07) is 3.28. The maximum Gasteiger partial charge on any atom is 0.254 e. The molecule has 1 saturated heterocycles. The molecule has 2 aromatic rings. The number of aryl methyl sites for hydroxylation is 2. The van der Waals surface area contributed by atoms with Crippen LogP contribution < -0.4 is 4.72 Å². The van der Waals surface area contributed by atoms with Gasteiger partial charge in [-0.05, 0) is 51.7 Å². The summed E-state index contributed by atoms with van der Waals surface area (Å²) in [5.74, 6) is 1.02. The van der Waals surface area contributed by atoms with E-state index in [1.807, 2.05) is 11.8 Å². The summed E-state index contributed by atoms with van der Waals surface area (Å²) in [4.78, 5) is 23.5. The molecule has 1 saturated carbocycles. The molecule has 0 aromatic carbocycles. The molecule has 1 aliphatic carbocycles. The van der Waals surface area contributed by atoms with E-state index in [0.29, 0.717) is 43.2 Å². The molecule has 10 heteroatoms. The zero-order chi connectivity index (χ0) is 20.8. The van der Waals surface area contributed by atoms with Crippen LogP contribution in [-0.4, -0.2) is 59.2 Å². The van der Waals surface area contributed by atoms with E-state index >= 15 is 0 Å². The second-order valence-electron chi connectivity index (χ2n) is 8.03. The number of carbonyl (C=O) groups excluding carboxylic acids is 1. The molecule has 9 nitrogen and oxygen atoms in total. The average Bonchev–Trinajstić information content (AvgIpc) is 3.33. The Morgan fingerprint density at radius 1 is 1.41 bits per heavy atom. The van der Waals surface area contributed by atoms with Gasteiger partial charge < -0.3 is 9.42 Å². The van der Waals surface area contributed by atoms with Crippen molar-refractivity contribution in [2.45, 2.75) is 45.1 Å². The van der Waals surface area contributed by atoms with Gasteiger partial charge in [-0.3, -0.25) is 9.78 Å². The van der Waals surface area contributed by atoms with Crippen molar-refractivity contribution in [2.75, 3.05) is 18.8 Å². The molecular formula is C19H25N5O4S. The molecule has 2 aliphatic rings. The van der Waals surface area contributed by atoms with Crippen LogP contribution in [0.4, 0.5) is 0 Å². The van der Waals surface area contributed by atoms with Crippen LogP contribution in [-0.2, 0) is 15.4 Å². The van der Waals surface area contributed by atoms with E-state index in [1.165, 1.54) is 0 Å². The minimum Gasteiger partial charge on any atom is -0.339 e. The van der Waals surface area contributed by atoms with E-state index in [2.05, 4.69) is 19.8 Å². The number of nitrogens with zero attached hydrogens (tertiary/aromatic N) is 4. The summed E-state index contributed by atoms with van der Waals surface area (Å²) in [6.07, 6.45) is 2.78. The van der Waals surface area contributed by atoms with Gasteiger partial charge in [-0.2, -0.15) is 4.98 Å². The Labute approximate surface area is 169 Å². The number of pyridine rings is 1. The van der Waals surface area contributed by atoms with E-state index < -0.39 is 15.4 Å². The summed E-state index contributed by atoms with van der Waals surface area (Å²) >= 11 is 0. The summed E-state index contributed by atoms with van der Waals surface area (Å²) in [6.45, 7) is 6.16. The number of hydrogen-bond acceptors (Lipinski definition) is 7. The van der Waals surface area contributed by atoms with Crippen LogP contribution in [0.25, 0.3) is 0 Å². The number of sulfonamides is 1. The molecule has 2 aromatic heterocycles. The number of fused-ring (bicyclic) bond motifs is 1. The molecule has 2 fully saturated rings. The van der Waals surface area contributed by atoms with Crippen molar-refractivity contribution >= 4 is 15.9 Å². The standard InChI is InChI=1S/C19H25N5O4S/c1-4-29(26,27)23-16-8-15-10-24(17(25)14-5-6-20-12(2)7-14)11-19(15,9-16)18-21-13(3)22-28-18/h5-7,15-16,23H,4,8-11H2,1-3H3/t15-,16+,19-/m0/s1. The molecule has 3 atom stereocenters. The molecule has 0 unspecified atom stereocenters. The molecule has 3 heterocycles. The first kappa shape index (κ1) is 20.0. The fourth-order valence-electron chi connectivity index (χ4n) is 4.64. The van der Waals surface area contributed by atoms with Crippen LogP contribution in [0, 0.1) is 19.8 Å². The van der Waals surface area contributed by atoms with Gasteiger partial charge in [0, 0.05) is 36.6 Å². The average molecular weight is 420 g/mol. The first-order valence-corrected chi connectivity index (χ1v) is 11.4. The Kier molecular flexibility index (Phi) is 4.94. The predicted molar refractivity (Wildman–Crippen MR) is 105 cm³/mol. The first-order chi connectivity index (χ1) is 13.7. The Morgan fingerprint density at radius 3 is 2.86 bits per heavy atom. The lowest BCUT2D eigenvalue weighted by molar-refractivity contribution is 0.0773. The molecule has 156 valence electrons. The van der Waals surface area contributed by atoms with Gasteiger partial charge in [0.25, 0.3) is 5.91 Å². The molecule has 1 amide bonds. The Morgan fingerprint density at radius 2 is 2.21 bits per heavy atom. The van der Waals surface area contributed by atoms with Gasteiger partial charge in [0.15, 0.2) is 5.82 Å². The number of carbonyl (C=O) groups is 1. The number of aromatic nitrogens is 3. The lowest BCUT2D eigenvalue weighted by atomic mass is 9.80. The Bertz CT molecular complexity index is 1040. The van der Waals surface area contributed by atoms with Crippen LogP contribution in [0.15, 0.2) is 22.9 Å². The molecule has 0 spiro atoms. The quantitative estimate of drug-likeness (QED) is 0.773. The third-order valence-corrected chi connectivity index (χ3v) is 7.44. The molecule has 1 aliphatic heterocycles. The number of rotatable bonds is 5. The lowest BCUT2D eigenvalue weighted by Gasteiger charge is -2.25. The molecular weight excluding hydrogens is 394 g/mol. The minimum atomic E-state index is -3.32. The maximum atomic E-state index is 13.1. The fourth-order valence-corrected chi connectivity index (χ4v) is 5.50. The highest BCUT2D eigenvalue weighted by Crippen LogP contribution is 2.50. The number of amides is 1. The summed E-state index contributed by atoms with van der Waals surface area (Å²) in [7, 11) is -3.32. The van der Waals surface area contributed by atoms with Crippen LogP contribution in [0.1, 0.15) is 47.5 Å². The number of nitrogens with one attached hydrogen (secondary N) is 1. The van der Waals surface area contributed by atoms with E-state index in [0.717, 1.165) is 5.69 Å². The highest BCUT2D eigenvalue weighted by molar-refractivity contribution is 7.89. The third-order valence-electron chi connectivity index (χ3n) is 5.99. The molecule has 0 bridgehead atoms. The van der Waals surface area contributed by atoms with Crippen LogP contribution in [0.3, 0.4) is 0 Å². The van der Waals surface area contributed by atoms with Crippen molar-refractivity contribution in [3.8, 4) is 0 Å². The summed E-state index contributed by atoms with van der Waals surface area (Å²) in [5, 5.41) is 3.94. The monoisotopic (exact) mass is 419 g/mol. The first-order valence-electron chi connectivity index (χ1n) is 9.75. The summed E-state index contributed by atoms with van der Waals surface area (Å²) in [5.41, 5.74) is 0.837. The van der Waals surface area contributed by atoms with Crippen molar-refractivity contribution < 1.29 is 17.7 Å². The van der Waals surface area contributed by atoms with Crippen molar-refractivity contribution in [1.82, 2.24) is 24.7 Å². The zero-order valence-electron chi connectivity index (χ0n) is 16.8. The SMILES string of the molecule is CCS(=O)(=O)N[C@@H]1C[C@H]2CN(C(=O)c3ccnc(C)c3)C[C@@]2(c2nc(C)no2)C1. The van der Waals surface area contributed by atoms with Crippen molar-refractivity contribution in [3.63, 3.8) is 0 Å². The highest BCUT2D eigenvalue weighted by Gasteiger charge is 2.58. The molecule has 1 N–H and O–H groups in total. The lowest BCUT2D eigenvalue weighted by Crippen LogP contribution is -2.40. The highest BCUT2D eigenvalue weighted by atomic mass is 32.2. The van der Waals surface area contributed by atoms with E-state index in [-0.39, 0.29) is 23.6 Å². The van der Waals surface area contributed by atoms with Crippen molar-refractivity contribution in [2.24, 2.45) is 5.92 Å². The number of likely N-dealkylation sites (tertiary alicyclic amines) is 1. The normalized spacial score (nSPS) is 26.7. The van der Waals surface area contributed by atoms with Gasteiger partial charge in [-0.15, -0.1) is 0 Å². The van der Waals surface area contributed by atoms with Gasteiger partial charge in [0.2, 0.25) is 15.9 Å². The van der Waals surface area contributed by atoms with Gasteiger partial charge in [-0.25, -0.2) is 13.1 Å². The Balaban J connectivity index is 1.62. The topological polar surface area (TPSA) is 118 Å². The maximum absolute atomic E-state index is 13.1. The number of hydrogen-bond donors (Lipinski definition) is 1. The minimum absolute atomic E-state index is 0.0346. The molecule has 0 radical (unpaired) electrons. The van der Waals surface area contributed by atoms with Gasteiger partial charge >= 0.3 is 0 Å². The Hall–Kier alpha value is -2.33. The van der Waals surface area contributed by atoms with Crippen molar-refractivity contribution in [1.29, 1.82) is 0 Å². The summed E-state index contributed by atoms with van der Waals surface area (Å²) < 4.78 is 32.5. The second-order valence-corrected chi connectivity index (χ2v) is 10.1. The third kappa shape index (κ3) is 3.66. The van der Waals surface area contributed by atoms with Gasteiger partial charge in [0.05, 0.1) is 11.2 Å². The smallest absolute Gasteiger partial charge is 0.254 e. The van der Waals surface area contributed by atoms with E-state index in [1.54, 1.807) is 32.2 Å². The van der Waals surface area contributed by atoms with Crippen LogP contribution in [0.2, 0.25) is 0 Å². The van der Waals surface area contributed by atoms with E-state index in [9.17, 15) is 13.2 Å². The predicted octanol–water partition coefficient (Wildman–Crippen LogP) is 1.19. The molecule has 4 rings (SSSR count). The second kappa shape index (κ2) is 7.17. The zero-order valence-corrected chi connectivity index (χ0v) is 17.6. The van der Waals surface area contributed by atoms with Crippen LogP contribution in [0.5, 0.6) is 0 Å². The van der Waals surface area contributed by atoms with Gasteiger partial charge in [-0.1, -0.05) is 5.16 Å². The van der Waals surface area contributed by atoms with Crippen molar-refractivity contribution in [3.05, 3.63) is 41.3 Å². The largest absolute Gasteiger partial charge is 0.339 e. The fraction of sp³-hybridized carbons (Fsp3) is 0.579. The van der Waals surface area contributed by atoms with Gasteiger partial charge in [0.1, 0.15) is 0 Å².